The van der Waals surface area contributed by atoms with Crippen molar-refractivity contribution in [2.24, 2.45) is 7.05 Å². The molecule has 2 rings (SSSR count). The van der Waals surface area contributed by atoms with Crippen LogP contribution < -0.4 is 10.9 Å². The molecule has 0 aliphatic heterocycles. The largest absolute Gasteiger partial charge is 0.506 e. The van der Waals surface area contributed by atoms with Crippen LogP contribution in [0.3, 0.4) is 0 Å². The fourth-order valence-corrected chi connectivity index (χ4v) is 2.43. The van der Waals surface area contributed by atoms with Gasteiger partial charge in [0.15, 0.2) is 0 Å². The maximum atomic E-state index is 12.5. The molecule has 0 aliphatic carbocycles. The molecular weight excluding hydrogens is 350 g/mol. The summed E-state index contributed by atoms with van der Waals surface area (Å²) in [5, 5.41) is 13.0. The molecule has 0 spiro atoms. The molecule has 8 heteroatoms. The van der Waals surface area contributed by atoms with Crippen LogP contribution in [0.1, 0.15) is 43.6 Å². The molecule has 2 aromatic heterocycles. The van der Waals surface area contributed by atoms with Crippen LogP contribution in [0, 0.1) is 11.8 Å². The molecule has 8 nitrogen and oxygen atoms in total. The van der Waals surface area contributed by atoms with Crippen molar-refractivity contribution in [2.75, 3.05) is 6.54 Å². The summed E-state index contributed by atoms with van der Waals surface area (Å²) in [5.74, 6) is 3.46. The lowest BCUT2D eigenvalue weighted by molar-refractivity contribution is -0.153. The van der Waals surface area contributed by atoms with Crippen molar-refractivity contribution < 1.29 is 19.4 Å². The average Bonchev–Trinajstić information content (AvgIpc) is 2.57. The maximum Gasteiger partial charge on any atom is 0.325 e. The number of aromatic nitrogens is 2. The number of pyridine rings is 2. The van der Waals surface area contributed by atoms with Gasteiger partial charge >= 0.3 is 5.97 Å². The Kier molecular flexibility index (Phi) is 5.55. The monoisotopic (exact) mass is 371 g/mol. The van der Waals surface area contributed by atoms with E-state index in [4.69, 9.17) is 4.74 Å². The highest BCUT2D eigenvalue weighted by Gasteiger charge is 2.23. The third kappa shape index (κ3) is 4.44. The number of ether oxygens (including phenoxy) is 1. The summed E-state index contributed by atoms with van der Waals surface area (Å²) in [5.41, 5.74) is -1.17. The van der Waals surface area contributed by atoms with Gasteiger partial charge in [0.05, 0.1) is 5.39 Å². The Morgan fingerprint density at radius 3 is 2.63 bits per heavy atom. The minimum atomic E-state index is -0.882. The van der Waals surface area contributed by atoms with Gasteiger partial charge in [-0.1, -0.05) is 5.92 Å². The number of hydrogen-bond acceptors (Lipinski definition) is 6. The second-order valence-electron chi connectivity index (χ2n) is 6.83. The zero-order valence-corrected chi connectivity index (χ0v) is 15.8. The number of fused-ring (bicyclic) bond motifs is 1. The summed E-state index contributed by atoms with van der Waals surface area (Å²) < 4.78 is 6.25. The number of hydrogen-bond donors (Lipinski definition) is 2. The molecule has 0 aliphatic rings. The fraction of sp³-hybridized carbons (Fsp3) is 0.368. The summed E-state index contributed by atoms with van der Waals surface area (Å²) in [6.07, 6.45) is 1.47. The van der Waals surface area contributed by atoms with Gasteiger partial charge in [-0.3, -0.25) is 19.0 Å². The number of aryl methyl sites for hydroxylation is 1. The van der Waals surface area contributed by atoms with Crippen LogP contribution in [-0.4, -0.2) is 38.7 Å². The zero-order chi connectivity index (χ0) is 20.4. The van der Waals surface area contributed by atoms with Gasteiger partial charge in [-0.2, -0.15) is 0 Å². The summed E-state index contributed by atoms with van der Waals surface area (Å²) in [7, 11) is 1.44. The van der Waals surface area contributed by atoms with E-state index in [1.165, 1.54) is 19.3 Å². The Labute approximate surface area is 156 Å². The summed E-state index contributed by atoms with van der Waals surface area (Å²) in [4.78, 5) is 40.8. The highest BCUT2D eigenvalue weighted by molar-refractivity contribution is 6.02. The van der Waals surface area contributed by atoms with Crippen molar-refractivity contribution in [2.45, 2.75) is 33.3 Å². The topological polar surface area (TPSA) is 111 Å². The van der Waals surface area contributed by atoms with Gasteiger partial charge in [-0.05, 0) is 33.8 Å². The van der Waals surface area contributed by atoms with E-state index >= 15 is 0 Å². The van der Waals surface area contributed by atoms with Gasteiger partial charge < -0.3 is 15.2 Å². The van der Waals surface area contributed by atoms with Crippen LogP contribution in [0.2, 0.25) is 0 Å². The number of esters is 1. The first kappa shape index (κ1) is 20.0. The number of carbonyl (C=O) groups is 2. The van der Waals surface area contributed by atoms with Crippen molar-refractivity contribution in [3.8, 4) is 17.6 Å². The van der Waals surface area contributed by atoms with Crippen LogP contribution in [-0.2, 0) is 16.6 Å². The van der Waals surface area contributed by atoms with Crippen molar-refractivity contribution in [1.29, 1.82) is 0 Å². The number of aromatic hydroxyl groups is 1. The molecular formula is C19H21N3O5. The lowest BCUT2D eigenvalue weighted by atomic mass is 10.1. The van der Waals surface area contributed by atoms with E-state index in [1.807, 2.05) is 0 Å². The minimum absolute atomic E-state index is 0.208. The summed E-state index contributed by atoms with van der Waals surface area (Å²) in [6, 6.07) is 1.54. The molecule has 1 amide bonds. The first-order valence-corrected chi connectivity index (χ1v) is 8.19. The molecule has 0 saturated carbocycles. The van der Waals surface area contributed by atoms with Crippen LogP contribution in [0.25, 0.3) is 11.0 Å². The Bertz CT molecular complexity index is 1040. The number of amides is 1. The predicted molar refractivity (Wildman–Crippen MR) is 99.4 cm³/mol. The van der Waals surface area contributed by atoms with Gasteiger partial charge in [0.2, 0.25) is 0 Å². The quantitative estimate of drug-likeness (QED) is 0.617. The molecule has 0 atom stereocenters. The molecule has 142 valence electrons. The van der Waals surface area contributed by atoms with Crippen molar-refractivity contribution >= 4 is 22.9 Å². The first-order chi connectivity index (χ1) is 12.5. The maximum absolute atomic E-state index is 12.5. The second kappa shape index (κ2) is 7.50. The van der Waals surface area contributed by atoms with Gasteiger partial charge in [0, 0.05) is 18.8 Å². The highest BCUT2D eigenvalue weighted by Crippen LogP contribution is 2.25. The SMILES string of the molecule is CC#Cc1cnc2c(c1)c(O)c(C(=O)NCC(=O)OC(C)(C)C)c(=O)n2C. The van der Waals surface area contributed by atoms with Crippen LogP contribution in [0.4, 0.5) is 0 Å². The van der Waals surface area contributed by atoms with Crippen LogP contribution >= 0.6 is 0 Å². The molecule has 0 radical (unpaired) electrons. The standard InChI is InChI=1S/C19H21N3O5/c1-6-7-11-8-12-15(24)14(18(26)22(5)16(12)20-9-11)17(25)21-10-13(23)27-19(2,3)4/h8-9,24H,10H2,1-5H3,(H,21,25). The third-order valence-corrected chi connectivity index (χ3v) is 3.50. The Morgan fingerprint density at radius 2 is 2.04 bits per heavy atom. The lowest BCUT2D eigenvalue weighted by Crippen LogP contribution is -2.37. The number of rotatable bonds is 3. The van der Waals surface area contributed by atoms with Crippen molar-refractivity contribution in [3.63, 3.8) is 0 Å². The average molecular weight is 371 g/mol. The minimum Gasteiger partial charge on any atom is -0.506 e. The third-order valence-electron chi connectivity index (χ3n) is 3.50. The van der Waals surface area contributed by atoms with E-state index in [0.717, 1.165) is 4.57 Å². The van der Waals surface area contributed by atoms with Crippen LogP contribution in [0.5, 0.6) is 5.75 Å². The lowest BCUT2D eigenvalue weighted by Gasteiger charge is -2.19. The normalized spacial score (nSPS) is 10.9. The summed E-state index contributed by atoms with van der Waals surface area (Å²) >= 11 is 0. The molecule has 0 bridgehead atoms. The molecule has 0 aromatic carbocycles. The van der Waals surface area contributed by atoms with Gasteiger partial charge in [-0.15, -0.1) is 5.92 Å². The van der Waals surface area contributed by atoms with E-state index in [0.29, 0.717) is 5.56 Å². The van der Waals surface area contributed by atoms with E-state index in [9.17, 15) is 19.5 Å². The van der Waals surface area contributed by atoms with E-state index < -0.39 is 40.9 Å². The molecule has 0 saturated heterocycles. The summed E-state index contributed by atoms with van der Waals surface area (Å²) in [6.45, 7) is 6.31. The predicted octanol–water partition coefficient (Wildman–Crippen LogP) is 1.08. The van der Waals surface area contributed by atoms with Crippen molar-refractivity contribution in [1.82, 2.24) is 14.9 Å². The smallest absolute Gasteiger partial charge is 0.325 e. The molecule has 2 N–H and O–H groups in total. The fourth-order valence-electron chi connectivity index (χ4n) is 2.43. The Balaban J connectivity index is 2.42. The highest BCUT2D eigenvalue weighted by atomic mass is 16.6. The second-order valence-corrected chi connectivity index (χ2v) is 6.83. The molecule has 2 heterocycles. The van der Waals surface area contributed by atoms with Gasteiger partial charge in [0.25, 0.3) is 11.5 Å². The zero-order valence-electron chi connectivity index (χ0n) is 15.8. The molecule has 2 aromatic rings. The Hall–Kier alpha value is -3.34. The number of carbonyl (C=O) groups excluding carboxylic acids is 2. The van der Waals surface area contributed by atoms with E-state index in [-0.39, 0.29) is 11.0 Å². The van der Waals surface area contributed by atoms with Crippen LogP contribution in [0.15, 0.2) is 17.1 Å². The molecule has 0 unspecified atom stereocenters. The number of nitrogens with zero attached hydrogens (tertiary/aromatic N) is 2. The first-order valence-electron chi connectivity index (χ1n) is 8.19. The van der Waals surface area contributed by atoms with Crippen molar-refractivity contribution in [3.05, 3.63) is 33.7 Å². The molecule has 27 heavy (non-hydrogen) atoms. The van der Waals surface area contributed by atoms with E-state index in [2.05, 4.69) is 22.1 Å². The Morgan fingerprint density at radius 1 is 1.37 bits per heavy atom. The van der Waals surface area contributed by atoms with Gasteiger partial charge in [-0.25, -0.2) is 4.98 Å². The van der Waals surface area contributed by atoms with Gasteiger partial charge in [0.1, 0.15) is 29.1 Å². The molecule has 0 fully saturated rings. The number of nitrogens with one attached hydrogen (secondary N) is 1. The van der Waals surface area contributed by atoms with E-state index in [1.54, 1.807) is 27.7 Å².